The Hall–Kier alpha value is -2.31. The van der Waals surface area contributed by atoms with Crippen molar-refractivity contribution in [3.05, 3.63) is 70.8 Å². The maximum atomic E-state index is 15.0. The number of anilines is 1. The highest BCUT2D eigenvalue weighted by molar-refractivity contribution is 5.54. The lowest BCUT2D eigenvalue weighted by Crippen LogP contribution is -2.48. The number of alkyl halides is 1. The molecule has 2 N–H and O–H groups in total. The molecule has 5 rings (SSSR count). The molecule has 2 aromatic rings. The van der Waals surface area contributed by atoms with Crippen LogP contribution in [0.15, 0.2) is 36.9 Å². The van der Waals surface area contributed by atoms with Crippen molar-refractivity contribution in [1.29, 1.82) is 0 Å². The predicted molar refractivity (Wildman–Crippen MR) is 162 cm³/mol. The first-order valence-corrected chi connectivity index (χ1v) is 15.0. The first kappa shape index (κ1) is 30.6. The Morgan fingerprint density at radius 3 is 2.42 bits per heavy atom. The van der Waals surface area contributed by atoms with Gasteiger partial charge in [0.25, 0.3) is 0 Å². The highest BCUT2D eigenvalue weighted by Gasteiger charge is 2.39. The minimum absolute atomic E-state index is 0.0418. The van der Waals surface area contributed by atoms with Crippen LogP contribution in [0.25, 0.3) is 6.08 Å². The normalized spacial score (nSPS) is 26.9. The van der Waals surface area contributed by atoms with Gasteiger partial charge in [0.1, 0.15) is 17.3 Å². The number of halogens is 3. The molecule has 3 aliphatic rings. The number of benzene rings is 2. The summed E-state index contributed by atoms with van der Waals surface area (Å²) >= 11 is 0. The van der Waals surface area contributed by atoms with Gasteiger partial charge in [-0.15, -0.1) is 0 Å². The number of hydrogen-bond donors (Lipinski definition) is 2. The van der Waals surface area contributed by atoms with Crippen LogP contribution in [0.1, 0.15) is 94.5 Å². The molecule has 2 aromatic carbocycles. The van der Waals surface area contributed by atoms with Crippen molar-refractivity contribution < 1.29 is 13.2 Å². The second-order valence-corrected chi connectivity index (χ2v) is 13.1. The van der Waals surface area contributed by atoms with Gasteiger partial charge >= 0.3 is 0 Å². The zero-order chi connectivity index (χ0) is 29.1. The quantitative estimate of drug-likeness (QED) is 0.389. The van der Waals surface area contributed by atoms with Crippen LogP contribution in [-0.4, -0.2) is 43.3 Å². The van der Waals surface area contributed by atoms with Crippen molar-refractivity contribution in [3.63, 3.8) is 0 Å². The molecule has 220 valence electrons. The Kier molecular flexibility index (Phi) is 9.72. The van der Waals surface area contributed by atoms with Crippen molar-refractivity contribution in [2.24, 2.45) is 11.3 Å². The Morgan fingerprint density at radius 2 is 1.82 bits per heavy atom. The summed E-state index contributed by atoms with van der Waals surface area (Å²) in [4.78, 5) is 1.87. The fourth-order valence-electron chi connectivity index (χ4n) is 7.20. The molecule has 40 heavy (non-hydrogen) atoms. The lowest BCUT2D eigenvalue weighted by Gasteiger charge is -2.44. The third-order valence-electron chi connectivity index (χ3n) is 9.15. The number of hydrogen-bond acceptors (Lipinski definition) is 3. The van der Waals surface area contributed by atoms with Crippen molar-refractivity contribution in [2.45, 2.75) is 90.4 Å². The molecule has 1 spiro atoms. The zero-order valence-corrected chi connectivity index (χ0v) is 25.1. The predicted octanol–water partition coefficient (Wildman–Crippen LogP) is 8.30. The van der Waals surface area contributed by atoms with E-state index in [1.807, 2.05) is 37.1 Å². The first-order valence-electron chi connectivity index (χ1n) is 15.0. The van der Waals surface area contributed by atoms with E-state index in [9.17, 15) is 4.39 Å². The molecule has 6 heteroatoms. The lowest BCUT2D eigenvalue weighted by molar-refractivity contribution is 0.0653. The van der Waals surface area contributed by atoms with E-state index in [0.717, 1.165) is 28.1 Å². The summed E-state index contributed by atoms with van der Waals surface area (Å²) in [5, 5.41) is 6.61. The van der Waals surface area contributed by atoms with E-state index in [1.54, 1.807) is 0 Å². The number of nitrogens with zero attached hydrogens (tertiary/aromatic N) is 1. The largest absolute Gasteiger partial charge is 0.388 e. The summed E-state index contributed by atoms with van der Waals surface area (Å²) in [7, 11) is 1.83. The average Bonchev–Trinajstić information content (AvgIpc) is 3.10. The van der Waals surface area contributed by atoms with Crippen LogP contribution in [0.4, 0.5) is 18.9 Å². The minimum Gasteiger partial charge on any atom is -0.388 e. The van der Waals surface area contributed by atoms with Crippen LogP contribution in [0.5, 0.6) is 0 Å². The van der Waals surface area contributed by atoms with Crippen molar-refractivity contribution in [2.75, 3.05) is 32.0 Å². The van der Waals surface area contributed by atoms with E-state index in [2.05, 4.69) is 24.1 Å². The van der Waals surface area contributed by atoms with Gasteiger partial charge in [0, 0.05) is 30.9 Å². The van der Waals surface area contributed by atoms with E-state index in [4.69, 9.17) is 0 Å². The Labute approximate surface area is 239 Å². The fraction of sp³-hybridized carbons (Fsp3) is 0.588. The molecule has 0 amide bonds. The second-order valence-electron chi connectivity index (χ2n) is 13.1. The summed E-state index contributed by atoms with van der Waals surface area (Å²) in [5.74, 6) is -0.276. The van der Waals surface area contributed by atoms with Gasteiger partial charge in [-0.25, -0.2) is 13.2 Å². The molecule has 4 atom stereocenters. The van der Waals surface area contributed by atoms with Crippen LogP contribution >= 0.6 is 0 Å². The molecule has 0 aromatic heterocycles. The Bertz CT molecular complexity index is 1140. The van der Waals surface area contributed by atoms with Gasteiger partial charge in [0.15, 0.2) is 0 Å². The summed E-state index contributed by atoms with van der Waals surface area (Å²) < 4.78 is 44.7. The summed E-state index contributed by atoms with van der Waals surface area (Å²) in [6, 6.07) is 7.57. The molecule has 1 saturated carbocycles. The van der Waals surface area contributed by atoms with Crippen molar-refractivity contribution >= 4 is 11.8 Å². The third-order valence-corrected chi connectivity index (χ3v) is 9.15. The molecule has 3 nitrogen and oxygen atoms in total. The Balaban J connectivity index is 0.000000255. The summed E-state index contributed by atoms with van der Waals surface area (Å²) in [6.45, 7) is 13.6. The molecule has 2 aliphatic heterocycles. The zero-order valence-electron chi connectivity index (χ0n) is 25.1. The average molecular weight is 556 g/mol. The van der Waals surface area contributed by atoms with Gasteiger partial charge in [-0.1, -0.05) is 32.1 Å². The van der Waals surface area contributed by atoms with E-state index in [0.29, 0.717) is 12.0 Å². The molecular weight excluding hydrogens is 507 g/mol. The topological polar surface area (TPSA) is 27.3 Å². The molecule has 0 bridgehead atoms. The maximum Gasteiger partial charge on any atom is 0.131 e. The number of fused-ring (bicyclic) bond motifs is 1. The number of nitrogens with one attached hydrogen (secondary N) is 2. The first-order chi connectivity index (χ1) is 18.9. The van der Waals surface area contributed by atoms with Gasteiger partial charge in [-0.3, -0.25) is 4.90 Å². The number of rotatable bonds is 5. The van der Waals surface area contributed by atoms with Crippen LogP contribution in [0.3, 0.4) is 0 Å². The fourth-order valence-corrected chi connectivity index (χ4v) is 7.20. The Morgan fingerprint density at radius 1 is 1.10 bits per heavy atom. The van der Waals surface area contributed by atoms with Crippen molar-refractivity contribution in [1.82, 2.24) is 10.2 Å². The van der Waals surface area contributed by atoms with E-state index in [-0.39, 0.29) is 18.2 Å². The van der Waals surface area contributed by atoms with Crippen molar-refractivity contribution in [3.8, 4) is 0 Å². The molecule has 0 radical (unpaired) electrons. The second kappa shape index (κ2) is 12.7. The van der Waals surface area contributed by atoms with E-state index < -0.39 is 23.3 Å². The summed E-state index contributed by atoms with van der Waals surface area (Å²) in [6.07, 6.45) is 10.9. The molecule has 2 heterocycles. The SMILES string of the molecule is C=Cc1cc(F)c(C2c3ccc(NC)cc3C[C@@H](C)N2CC(C)(C)F)c(F)c1.CC1CCC2(CCCNCC2)C1. The standard InChI is InChI=1S/C23H27F3N2.C11H21N/c1-6-15-10-19(24)21(20(25)11-15)22-18-8-7-17(27-5)12-16(18)9-14(2)28(22)13-23(3,4)26;1-10-3-5-11(9-10)4-2-7-12-8-6-11/h6-8,10-12,14,22,27H,1,9,13H2,2-5H3;10,12H,2-9H2,1H3/t14-,22?;/m1./s1. The monoisotopic (exact) mass is 555 g/mol. The van der Waals surface area contributed by atoms with Gasteiger partial charge in [-0.05, 0) is 125 Å². The van der Waals surface area contributed by atoms with Crippen LogP contribution in [0, 0.1) is 23.0 Å². The molecule has 3 unspecified atom stereocenters. The minimum atomic E-state index is -1.50. The summed E-state index contributed by atoms with van der Waals surface area (Å²) in [5.41, 5.74) is 2.37. The van der Waals surface area contributed by atoms with Gasteiger partial charge < -0.3 is 10.6 Å². The molecule has 1 saturated heterocycles. The van der Waals surface area contributed by atoms with Crippen LogP contribution < -0.4 is 10.6 Å². The maximum absolute atomic E-state index is 15.0. The lowest BCUT2D eigenvalue weighted by atomic mass is 9.78. The van der Waals surface area contributed by atoms with E-state index in [1.165, 1.54) is 83.7 Å². The molecule has 1 aliphatic carbocycles. The van der Waals surface area contributed by atoms with Crippen LogP contribution in [0.2, 0.25) is 0 Å². The van der Waals surface area contributed by atoms with Crippen LogP contribution in [-0.2, 0) is 6.42 Å². The third kappa shape index (κ3) is 7.12. The van der Waals surface area contributed by atoms with E-state index >= 15 is 8.78 Å². The van der Waals surface area contributed by atoms with Gasteiger partial charge in [0.2, 0.25) is 0 Å². The van der Waals surface area contributed by atoms with Gasteiger partial charge in [0.05, 0.1) is 6.04 Å². The highest BCUT2D eigenvalue weighted by Crippen LogP contribution is 2.48. The molecular formula is C34H48F3N3. The molecule has 2 fully saturated rings. The highest BCUT2D eigenvalue weighted by atomic mass is 19.1. The smallest absolute Gasteiger partial charge is 0.131 e. The van der Waals surface area contributed by atoms with Gasteiger partial charge in [-0.2, -0.15) is 0 Å².